The average molecular weight is 275 g/mol. The van der Waals surface area contributed by atoms with Crippen LogP contribution in [0, 0.1) is 20.8 Å². The van der Waals surface area contributed by atoms with Crippen LogP contribution in [0.1, 0.15) is 16.7 Å². The van der Waals surface area contributed by atoms with Crippen LogP contribution in [0.4, 0.5) is 5.69 Å². The molecule has 0 spiro atoms. The summed E-state index contributed by atoms with van der Waals surface area (Å²) in [5.74, 6) is 0. The minimum absolute atomic E-state index is 0.277. The van der Waals surface area contributed by atoms with Gasteiger partial charge in [0, 0.05) is 0 Å². The van der Waals surface area contributed by atoms with Crippen molar-refractivity contribution in [3.8, 4) is 0 Å². The van der Waals surface area contributed by atoms with E-state index >= 15 is 0 Å². The molecule has 100 valence electrons. The minimum Gasteiger partial charge on any atom is -0.279 e. The Balaban J connectivity index is 2.36. The lowest BCUT2D eigenvalue weighted by molar-refractivity contribution is 0.601. The molecule has 0 aromatic heterocycles. The fraction of sp³-hybridized carbons (Fsp3) is 0.200. The van der Waals surface area contributed by atoms with Crippen LogP contribution in [0.5, 0.6) is 0 Å². The number of anilines is 1. The molecule has 0 aliphatic rings. The van der Waals surface area contributed by atoms with Crippen molar-refractivity contribution in [1.82, 2.24) is 0 Å². The fourth-order valence-electron chi connectivity index (χ4n) is 1.77. The van der Waals surface area contributed by atoms with Gasteiger partial charge < -0.3 is 0 Å². The second kappa shape index (κ2) is 5.05. The van der Waals surface area contributed by atoms with Crippen LogP contribution in [-0.4, -0.2) is 8.42 Å². The molecule has 0 unspecified atom stereocenters. The van der Waals surface area contributed by atoms with Gasteiger partial charge in [0.25, 0.3) is 10.0 Å². The molecule has 0 radical (unpaired) electrons. The zero-order chi connectivity index (χ0) is 14.0. The number of nitrogens with one attached hydrogen (secondary N) is 1. The Hall–Kier alpha value is -1.81. The molecular formula is C15H17NO2S. The highest BCUT2D eigenvalue weighted by Gasteiger charge is 2.14. The van der Waals surface area contributed by atoms with Crippen molar-refractivity contribution in [2.45, 2.75) is 25.7 Å². The van der Waals surface area contributed by atoms with Crippen molar-refractivity contribution in [3.05, 3.63) is 59.2 Å². The predicted octanol–water partition coefficient (Wildman–Crippen LogP) is 3.41. The molecule has 2 aromatic carbocycles. The maximum atomic E-state index is 12.3. The molecule has 0 aliphatic heterocycles. The highest BCUT2D eigenvalue weighted by atomic mass is 32.2. The Labute approximate surface area is 114 Å². The molecule has 0 aliphatic carbocycles. The van der Waals surface area contributed by atoms with Crippen molar-refractivity contribution in [2.75, 3.05) is 4.72 Å². The van der Waals surface area contributed by atoms with E-state index in [1.165, 1.54) is 0 Å². The highest BCUT2D eigenvalue weighted by Crippen LogP contribution is 2.21. The summed E-state index contributed by atoms with van der Waals surface area (Å²) in [6.07, 6.45) is 0. The summed E-state index contributed by atoms with van der Waals surface area (Å²) >= 11 is 0. The summed E-state index contributed by atoms with van der Waals surface area (Å²) < 4.78 is 27.2. The van der Waals surface area contributed by atoms with Gasteiger partial charge in [0.05, 0.1) is 10.6 Å². The number of hydrogen-bond acceptors (Lipinski definition) is 2. The van der Waals surface area contributed by atoms with Crippen LogP contribution >= 0.6 is 0 Å². The predicted molar refractivity (Wildman–Crippen MR) is 77.9 cm³/mol. The van der Waals surface area contributed by atoms with Crippen LogP contribution in [0.15, 0.2) is 47.4 Å². The van der Waals surface area contributed by atoms with Crippen molar-refractivity contribution < 1.29 is 8.42 Å². The van der Waals surface area contributed by atoms with Crippen molar-refractivity contribution >= 4 is 15.7 Å². The van der Waals surface area contributed by atoms with Gasteiger partial charge in [0.15, 0.2) is 0 Å². The molecule has 4 heteroatoms. The van der Waals surface area contributed by atoms with Gasteiger partial charge >= 0.3 is 0 Å². The van der Waals surface area contributed by atoms with E-state index in [2.05, 4.69) is 4.72 Å². The largest absolute Gasteiger partial charge is 0.279 e. The molecule has 2 aromatic rings. The van der Waals surface area contributed by atoms with Crippen LogP contribution in [0.2, 0.25) is 0 Å². The van der Waals surface area contributed by atoms with E-state index in [0.717, 1.165) is 16.7 Å². The SMILES string of the molecule is Cc1ccc(S(=O)(=O)Nc2cc(C)ccc2C)cc1. The molecule has 2 rings (SSSR count). The lowest BCUT2D eigenvalue weighted by atomic mass is 10.1. The van der Waals surface area contributed by atoms with E-state index in [9.17, 15) is 8.42 Å². The molecular weight excluding hydrogens is 258 g/mol. The second-order valence-electron chi connectivity index (χ2n) is 4.74. The van der Waals surface area contributed by atoms with Gasteiger partial charge in [-0.25, -0.2) is 8.42 Å². The Morgan fingerprint density at radius 2 is 1.42 bits per heavy atom. The Morgan fingerprint density at radius 1 is 0.842 bits per heavy atom. The van der Waals surface area contributed by atoms with E-state index in [0.29, 0.717) is 5.69 Å². The van der Waals surface area contributed by atoms with Gasteiger partial charge in [0.2, 0.25) is 0 Å². The highest BCUT2D eigenvalue weighted by molar-refractivity contribution is 7.92. The lowest BCUT2D eigenvalue weighted by Gasteiger charge is -2.11. The van der Waals surface area contributed by atoms with Gasteiger partial charge in [-0.15, -0.1) is 0 Å². The molecule has 1 N–H and O–H groups in total. The number of aryl methyl sites for hydroxylation is 3. The topological polar surface area (TPSA) is 46.2 Å². The molecule has 0 atom stereocenters. The monoisotopic (exact) mass is 275 g/mol. The summed E-state index contributed by atoms with van der Waals surface area (Å²) in [4.78, 5) is 0.277. The first-order chi connectivity index (χ1) is 8.88. The summed E-state index contributed by atoms with van der Waals surface area (Å²) in [6, 6.07) is 12.5. The summed E-state index contributed by atoms with van der Waals surface area (Å²) in [6.45, 7) is 5.74. The molecule has 0 saturated carbocycles. The fourth-order valence-corrected chi connectivity index (χ4v) is 2.89. The van der Waals surface area contributed by atoms with E-state index in [-0.39, 0.29) is 4.90 Å². The zero-order valence-electron chi connectivity index (χ0n) is 11.3. The first-order valence-electron chi connectivity index (χ1n) is 6.05. The van der Waals surface area contributed by atoms with Crippen molar-refractivity contribution in [2.24, 2.45) is 0 Å². The zero-order valence-corrected chi connectivity index (χ0v) is 12.1. The number of hydrogen-bond donors (Lipinski definition) is 1. The van der Waals surface area contributed by atoms with E-state index in [4.69, 9.17) is 0 Å². The van der Waals surface area contributed by atoms with E-state index in [1.54, 1.807) is 24.3 Å². The van der Waals surface area contributed by atoms with Gasteiger partial charge in [0.1, 0.15) is 0 Å². The van der Waals surface area contributed by atoms with Gasteiger partial charge in [-0.1, -0.05) is 29.8 Å². The van der Waals surface area contributed by atoms with Gasteiger partial charge in [-0.3, -0.25) is 4.72 Å². The van der Waals surface area contributed by atoms with Crippen LogP contribution < -0.4 is 4.72 Å². The summed E-state index contributed by atoms with van der Waals surface area (Å²) in [5, 5.41) is 0. The van der Waals surface area contributed by atoms with Gasteiger partial charge in [-0.05, 0) is 50.1 Å². The molecule has 19 heavy (non-hydrogen) atoms. The number of rotatable bonds is 3. The quantitative estimate of drug-likeness (QED) is 0.933. The third kappa shape index (κ3) is 3.15. The molecule has 0 fully saturated rings. The van der Waals surface area contributed by atoms with Crippen molar-refractivity contribution in [3.63, 3.8) is 0 Å². The Kier molecular flexibility index (Phi) is 3.62. The molecule has 3 nitrogen and oxygen atoms in total. The summed E-state index contributed by atoms with van der Waals surface area (Å²) in [7, 11) is -3.52. The maximum absolute atomic E-state index is 12.3. The second-order valence-corrected chi connectivity index (χ2v) is 6.42. The van der Waals surface area contributed by atoms with Gasteiger partial charge in [-0.2, -0.15) is 0 Å². The smallest absolute Gasteiger partial charge is 0.261 e. The third-order valence-corrected chi connectivity index (χ3v) is 4.35. The number of sulfonamides is 1. The molecule has 0 heterocycles. The van der Waals surface area contributed by atoms with Crippen LogP contribution in [0.3, 0.4) is 0 Å². The van der Waals surface area contributed by atoms with Crippen LogP contribution in [-0.2, 0) is 10.0 Å². The van der Waals surface area contributed by atoms with E-state index < -0.39 is 10.0 Å². The first-order valence-corrected chi connectivity index (χ1v) is 7.53. The van der Waals surface area contributed by atoms with Crippen LogP contribution in [0.25, 0.3) is 0 Å². The third-order valence-electron chi connectivity index (χ3n) is 2.97. The molecule has 0 amide bonds. The first kappa shape index (κ1) is 13.6. The maximum Gasteiger partial charge on any atom is 0.261 e. The lowest BCUT2D eigenvalue weighted by Crippen LogP contribution is -2.13. The van der Waals surface area contributed by atoms with E-state index in [1.807, 2.05) is 39.0 Å². The normalized spacial score (nSPS) is 11.3. The Morgan fingerprint density at radius 3 is 2.05 bits per heavy atom. The minimum atomic E-state index is -3.52. The average Bonchev–Trinajstić information content (AvgIpc) is 2.34. The molecule has 0 saturated heterocycles. The standard InChI is InChI=1S/C15H17NO2S/c1-11-5-8-14(9-6-11)19(17,18)16-15-10-12(2)4-7-13(15)3/h4-10,16H,1-3H3. The molecule has 0 bridgehead atoms. The Bertz CT molecular complexity index is 689. The van der Waals surface area contributed by atoms with Crippen molar-refractivity contribution in [1.29, 1.82) is 0 Å². The number of benzene rings is 2. The summed E-state index contributed by atoms with van der Waals surface area (Å²) in [5.41, 5.74) is 3.58.